The number of fused-ring (bicyclic) bond motifs is 1. The number of nitrogens with zero attached hydrogens (tertiary/aromatic N) is 2. The number of hydrogen-bond donors (Lipinski definition) is 1. The van der Waals surface area contributed by atoms with Gasteiger partial charge in [0, 0.05) is 12.3 Å². The lowest BCUT2D eigenvalue weighted by atomic mass is 10.3. The first kappa shape index (κ1) is 9.23. The molecule has 0 bridgehead atoms. The predicted molar refractivity (Wildman–Crippen MR) is 55.6 cm³/mol. The number of aliphatic hydroxyl groups is 1. The monoisotopic (exact) mass is 218 g/mol. The molecule has 1 N–H and O–H groups in total. The van der Waals surface area contributed by atoms with E-state index in [4.69, 9.17) is 14.6 Å². The Bertz CT molecular complexity index is 522. The van der Waals surface area contributed by atoms with E-state index in [9.17, 15) is 0 Å². The molecule has 1 aromatic carbocycles. The molecule has 16 heavy (non-hydrogen) atoms. The quantitative estimate of drug-likeness (QED) is 0.819. The number of aliphatic hydroxyl groups excluding tert-OH is 1. The van der Waals surface area contributed by atoms with E-state index in [1.54, 1.807) is 16.9 Å². The molecular weight excluding hydrogens is 208 g/mol. The summed E-state index contributed by atoms with van der Waals surface area (Å²) in [6.07, 6.45) is 1.79. The minimum atomic E-state index is -0.0580. The zero-order chi connectivity index (χ0) is 11.0. The first-order valence-electron chi connectivity index (χ1n) is 4.92. The van der Waals surface area contributed by atoms with E-state index < -0.39 is 0 Å². The molecule has 0 amide bonds. The smallest absolute Gasteiger partial charge is 0.231 e. The second-order valence-corrected chi connectivity index (χ2v) is 3.45. The average molecular weight is 218 g/mol. The van der Waals surface area contributed by atoms with Gasteiger partial charge < -0.3 is 14.6 Å². The molecule has 3 rings (SSSR count). The van der Waals surface area contributed by atoms with Crippen molar-refractivity contribution in [2.24, 2.45) is 0 Å². The Hall–Kier alpha value is -2.01. The molecule has 1 aliphatic rings. The van der Waals surface area contributed by atoms with Gasteiger partial charge in [0.2, 0.25) is 6.79 Å². The van der Waals surface area contributed by atoms with E-state index in [1.807, 2.05) is 18.2 Å². The van der Waals surface area contributed by atoms with Gasteiger partial charge in [0.1, 0.15) is 0 Å². The highest BCUT2D eigenvalue weighted by Gasteiger charge is 2.14. The molecular formula is C11H10N2O3. The topological polar surface area (TPSA) is 56.5 Å². The summed E-state index contributed by atoms with van der Waals surface area (Å²) >= 11 is 0. The van der Waals surface area contributed by atoms with Crippen LogP contribution in [0.15, 0.2) is 30.5 Å². The SMILES string of the molecule is OCc1ccn(-c2ccc3c(c2)OCO3)n1. The average Bonchev–Trinajstić information content (AvgIpc) is 2.96. The maximum atomic E-state index is 8.93. The van der Waals surface area contributed by atoms with E-state index in [0.29, 0.717) is 5.69 Å². The van der Waals surface area contributed by atoms with Gasteiger partial charge in [-0.25, -0.2) is 4.68 Å². The number of hydrogen-bond acceptors (Lipinski definition) is 4. The largest absolute Gasteiger partial charge is 0.454 e. The molecule has 0 radical (unpaired) electrons. The summed E-state index contributed by atoms with van der Waals surface area (Å²) in [5.41, 5.74) is 1.52. The Morgan fingerprint density at radius 2 is 2.12 bits per heavy atom. The molecule has 5 nitrogen and oxygen atoms in total. The minimum Gasteiger partial charge on any atom is -0.454 e. The molecule has 82 valence electrons. The van der Waals surface area contributed by atoms with Crippen molar-refractivity contribution in [3.05, 3.63) is 36.2 Å². The molecule has 0 spiro atoms. The normalized spacial score (nSPS) is 13.1. The highest BCUT2D eigenvalue weighted by molar-refractivity contribution is 5.49. The van der Waals surface area contributed by atoms with Crippen LogP contribution in [0.3, 0.4) is 0 Å². The van der Waals surface area contributed by atoms with Crippen LogP contribution in [0.1, 0.15) is 5.69 Å². The molecule has 0 saturated carbocycles. The van der Waals surface area contributed by atoms with Crippen molar-refractivity contribution in [3.63, 3.8) is 0 Å². The third kappa shape index (κ3) is 1.42. The molecule has 2 heterocycles. The van der Waals surface area contributed by atoms with Crippen LogP contribution in [0.25, 0.3) is 5.69 Å². The lowest BCUT2D eigenvalue weighted by molar-refractivity contribution is 0.174. The van der Waals surface area contributed by atoms with Crippen LogP contribution in [0, 0.1) is 0 Å². The van der Waals surface area contributed by atoms with Crippen LogP contribution in [-0.2, 0) is 6.61 Å². The fourth-order valence-electron chi connectivity index (χ4n) is 1.62. The lowest BCUT2D eigenvalue weighted by Gasteiger charge is -2.02. The maximum Gasteiger partial charge on any atom is 0.231 e. The van der Waals surface area contributed by atoms with Crippen LogP contribution in [0.4, 0.5) is 0 Å². The van der Waals surface area contributed by atoms with E-state index in [0.717, 1.165) is 17.2 Å². The highest BCUT2D eigenvalue weighted by atomic mass is 16.7. The first-order chi connectivity index (χ1) is 7.86. The van der Waals surface area contributed by atoms with Gasteiger partial charge in [-0.05, 0) is 18.2 Å². The van der Waals surface area contributed by atoms with Crippen molar-refractivity contribution in [1.82, 2.24) is 9.78 Å². The van der Waals surface area contributed by atoms with Gasteiger partial charge >= 0.3 is 0 Å². The van der Waals surface area contributed by atoms with Gasteiger partial charge in [-0.1, -0.05) is 0 Å². The Morgan fingerprint density at radius 1 is 1.25 bits per heavy atom. The fourth-order valence-corrected chi connectivity index (χ4v) is 1.62. The van der Waals surface area contributed by atoms with Gasteiger partial charge in [0.15, 0.2) is 11.5 Å². The Balaban J connectivity index is 2.00. The zero-order valence-electron chi connectivity index (χ0n) is 8.46. The van der Waals surface area contributed by atoms with Crippen molar-refractivity contribution >= 4 is 0 Å². The second kappa shape index (κ2) is 3.53. The molecule has 0 saturated heterocycles. The van der Waals surface area contributed by atoms with Crippen LogP contribution < -0.4 is 9.47 Å². The van der Waals surface area contributed by atoms with Crippen LogP contribution in [0.2, 0.25) is 0 Å². The van der Waals surface area contributed by atoms with Crippen molar-refractivity contribution in [2.75, 3.05) is 6.79 Å². The van der Waals surface area contributed by atoms with Crippen molar-refractivity contribution in [2.45, 2.75) is 6.61 Å². The molecule has 0 atom stereocenters. The summed E-state index contributed by atoms with van der Waals surface area (Å²) < 4.78 is 12.2. The number of rotatable bonds is 2. The minimum absolute atomic E-state index is 0.0580. The summed E-state index contributed by atoms with van der Waals surface area (Å²) in [5.74, 6) is 1.47. The maximum absolute atomic E-state index is 8.93. The van der Waals surface area contributed by atoms with Crippen molar-refractivity contribution in [3.8, 4) is 17.2 Å². The predicted octanol–water partition coefficient (Wildman–Crippen LogP) is 1.09. The van der Waals surface area contributed by atoms with Gasteiger partial charge in [0.05, 0.1) is 18.0 Å². The van der Waals surface area contributed by atoms with Gasteiger partial charge in [-0.3, -0.25) is 0 Å². The molecule has 0 aliphatic carbocycles. The van der Waals surface area contributed by atoms with Crippen LogP contribution >= 0.6 is 0 Å². The van der Waals surface area contributed by atoms with Gasteiger partial charge in [0.25, 0.3) is 0 Å². The van der Waals surface area contributed by atoms with Gasteiger partial charge in [-0.2, -0.15) is 5.10 Å². The molecule has 1 aromatic heterocycles. The summed E-state index contributed by atoms with van der Waals surface area (Å²) in [5, 5.41) is 13.1. The van der Waals surface area contributed by atoms with E-state index in [1.165, 1.54) is 0 Å². The Kier molecular flexibility index (Phi) is 2.04. The fraction of sp³-hybridized carbons (Fsp3) is 0.182. The van der Waals surface area contributed by atoms with Crippen molar-refractivity contribution < 1.29 is 14.6 Å². The molecule has 0 fully saturated rings. The first-order valence-corrected chi connectivity index (χ1v) is 4.92. The summed E-state index contributed by atoms with van der Waals surface area (Å²) in [6.45, 7) is 0.206. The Labute approximate surface area is 91.8 Å². The number of ether oxygens (including phenoxy) is 2. The zero-order valence-corrected chi connectivity index (χ0v) is 8.46. The van der Waals surface area contributed by atoms with Gasteiger partial charge in [-0.15, -0.1) is 0 Å². The third-order valence-corrected chi connectivity index (χ3v) is 2.43. The number of benzene rings is 1. The number of aromatic nitrogens is 2. The van der Waals surface area contributed by atoms with E-state index in [-0.39, 0.29) is 13.4 Å². The lowest BCUT2D eigenvalue weighted by Crippen LogP contribution is -1.96. The summed E-state index contributed by atoms with van der Waals surface area (Å²) in [4.78, 5) is 0. The third-order valence-electron chi connectivity index (χ3n) is 2.43. The highest BCUT2D eigenvalue weighted by Crippen LogP contribution is 2.33. The summed E-state index contributed by atoms with van der Waals surface area (Å²) in [6, 6.07) is 7.36. The standard InChI is InChI=1S/C11H10N2O3/c14-6-8-3-4-13(12-8)9-1-2-10-11(5-9)16-7-15-10/h1-5,14H,6-7H2. The van der Waals surface area contributed by atoms with E-state index in [2.05, 4.69) is 5.10 Å². The molecule has 1 aliphatic heterocycles. The van der Waals surface area contributed by atoms with Crippen LogP contribution in [0.5, 0.6) is 11.5 Å². The molecule has 2 aromatic rings. The molecule has 0 unspecified atom stereocenters. The Morgan fingerprint density at radius 3 is 2.94 bits per heavy atom. The van der Waals surface area contributed by atoms with Crippen molar-refractivity contribution in [1.29, 1.82) is 0 Å². The second-order valence-electron chi connectivity index (χ2n) is 3.45. The molecule has 5 heteroatoms. The summed E-state index contributed by atoms with van der Waals surface area (Å²) in [7, 11) is 0. The van der Waals surface area contributed by atoms with E-state index >= 15 is 0 Å². The van der Waals surface area contributed by atoms with Crippen LogP contribution in [-0.4, -0.2) is 21.7 Å².